The SMILES string of the molecule is C#CC#CC#C/C=C/C[C@@H](O)[C@H](O)CCCCC(=O)O. The molecule has 0 amide bonds. The summed E-state index contributed by atoms with van der Waals surface area (Å²) in [4.78, 5) is 10.3. The summed E-state index contributed by atoms with van der Waals surface area (Å²) in [5.41, 5.74) is 0. The molecule has 0 spiro atoms. The number of aliphatic hydroxyl groups is 2. The third kappa shape index (κ3) is 10.9. The summed E-state index contributed by atoms with van der Waals surface area (Å²) in [6.45, 7) is 0. The van der Waals surface area contributed by atoms with Gasteiger partial charge in [0.15, 0.2) is 0 Å². The van der Waals surface area contributed by atoms with Crippen molar-refractivity contribution in [2.45, 2.75) is 44.3 Å². The van der Waals surface area contributed by atoms with Crippen LogP contribution in [0.2, 0.25) is 0 Å². The second kappa shape index (κ2) is 11.9. The van der Waals surface area contributed by atoms with Gasteiger partial charge in [-0.1, -0.05) is 18.4 Å². The van der Waals surface area contributed by atoms with Crippen LogP contribution in [0.15, 0.2) is 12.2 Å². The molecule has 2 atom stereocenters. The number of hydrogen-bond donors (Lipinski definition) is 3. The quantitative estimate of drug-likeness (QED) is 0.455. The van der Waals surface area contributed by atoms with Crippen LogP contribution in [0.4, 0.5) is 0 Å². The molecule has 0 saturated carbocycles. The molecule has 0 aromatic heterocycles. The van der Waals surface area contributed by atoms with E-state index in [0.29, 0.717) is 19.3 Å². The van der Waals surface area contributed by atoms with Crippen LogP contribution in [-0.4, -0.2) is 33.5 Å². The number of hydrogen-bond acceptors (Lipinski definition) is 3. The Bertz CT molecular complexity index is 477. The molecule has 0 aliphatic rings. The van der Waals surface area contributed by atoms with E-state index in [1.54, 1.807) is 6.08 Å². The lowest BCUT2D eigenvalue weighted by molar-refractivity contribution is -0.137. The molecule has 20 heavy (non-hydrogen) atoms. The molecule has 4 nitrogen and oxygen atoms in total. The molecule has 4 heteroatoms. The van der Waals surface area contributed by atoms with Crippen LogP contribution in [-0.2, 0) is 4.79 Å². The fraction of sp³-hybridized carbons (Fsp3) is 0.438. The molecule has 0 aromatic rings. The lowest BCUT2D eigenvalue weighted by Crippen LogP contribution is -2.25. The van der Waals surface area contributed by atoms with Gasteiger partial charge >= 0.3 is 5.97 Å². The summed E-state index contributed by atoms with van der Waals surface area (Å²) < 4.78 is 0. The number of aliphatic carboxylic acids is 1. The highest BCUT2D eigenvalue weighted by Crippen LogP contribution is 2.09. The van der Waals surface area contributed by atoms with Gasteiger partial charge in [-0.2, -0.15) is 0 Å². The van der Waals surface area contributed by atoms with Gasteiger partial charge in [-0.25, -0.2) is 0 Å². The van der Waals surface area contributed by atoms with E-state index in [1.165, 1.54) is 6.08 Å². The zero-order chi connectivity index (χ0) is 15.2. The van der Waals surface area contributed by atoms with Gasteiger partial charge in [-0.15, -0.1) is 6.42 Å². The van der Waals surface area contributed by atoms with Crippen molar-refractivity contribution in [1.82, 2.24) is 0 Å². The first-order valence-corrected chi connectivity index (χ1v) is 6.27. The normalized spacial score (nSPS) is 12.4. The maximum absolute atomic E-state index is 10.3. The number of carboxylic acids is 1. The highest BCUT2D eigenvalue weighted by atomic mass is 16.4. The highest BCUT2D eigenvalue weighted by Gasteiger charge is 2.14. The molecule has 106 valence electrons. The minimum Gasteiger partial charge on any atom is -0.481 e. The Morgan fingerprint density at radius 2 is 1.90 bits per heavy atom. The van der Waals surface area contributed by atoms with Crippen molar-refractivity contribution < 1.29 is 20.1 Å². The Morgan fingerprint density at radius 1 is 1.15 bits per heavy atom. The number of carbonyl (C=O) groups is 1. The summed E-state index contributed by atoms with van der Waals surface area (Å²) in [6, 6.07) is 0. The molecule has 0 bridgehead atoms. The summed E-state index contributed by atoms with van der Waals surface area (Å²) in [5, 5.41) is 27.7. The smallest absolute Gasteiger partial charge is 0.303 e. The van der Waals surface area contributed by atoms with Crippen LogP contribution >= 0.6 is 0 Å². The molecular weight excluding hydrogens is 256 g/mol. The van der Waals surface area contributed by atoms with Crippen molar-refractivity contribution in [3.8, 4) is 36.0 Å². The largest absolute Gasteiger partial charge is 0.481 e. The Labute approximate surface area is 119 Å². The minimum atomic E-state index is -0.880. The topological polar surface area (TPSA) is 77.8 Å². The maximum Gasteiger partial charge on any atom is 0.303 e. The lowest BCUT2D eigenvalue weighted by atomic mass is 10.0. The van der Waals surface area contributed by atoms with Gasteiger partial charge in [0, 0.05) is 6.42 Å². The number of rotatable bonds is 8. The van der Waals surface area contributed by atoms with E-state index in [1.807, 2.05) is 0 Å². The highest BCUT2D eigenvalue weighted by molar-refractivity contribution is 5.66. The number of carboxylic acid groups (broad SMARTS) is 1. The fourth-order valence-corrected chi connectivity index (χ4v) is 1.39. The first-order valence-electron chi connectivity index (χ1n) is 6.27. The number of terminal acetylenes is 1. The average molecular weight is 274 g/mol. The Morgan fingerprint density at radius 3 is 2.55 bits per heavy atom. The van der Waals surface area contributed by atoms with Crippen molar-refractivity contribution in [1.29, 1.82) is 0 Å². The molecule has 0 radical (unpaired) electrons. The summed E-state index contributed by atoms with van der Waals surface area (Å²) >= 11 is 0. The van der Waals surface area contributed by atoms with Crippen LogP contribution in [0.1, 0.15) is 32.1 Å². The molecule has 0 aromatic carbocycles. The molecule has 0 saturated heterocycles. The summed E-state index contributed by atoms with van der Waals surface area (Å²) in [6.07, 6.45) is 8.13. The number of unbranched alkanes of at least 4 members (excludes halogenated alkanes) is 1. The van der Waals surface area contributed by atoms with Gasteiger partial charge < -0.3 is 15.3 Å². The first-order chi connectivity index (χ1) is 9.57. The van der Waals surface area contributed by atoms with Crippen LogP contribution < -0.4 is 0 Å². The van der Waals surface area contributed by atoms with E-state index in [4.69, 9.17) is 11.5 Å². The molecular formula is C16H18O4. The van der Waals surface area contributed by atoms with Gasteiger partial charge in [0.1, 0.15) is 0 Å². The molecule has 0 aliphatic carbocycles. The van der Waals surface area contributed by atoms with E-state index in [9.17, 15) is 15.0 Å². The molecule has 0 heterocycles. The third-order valence-electron chi connectivity index (χ3n) is 2.43. The standard InChI is InChI=1S/C16H18O4/c1-2-3-4-5-6-7-8-11-14(17)15(18)12-9-10-13-16(19)20/h1,7-8,14-15,17-18H,9-13H2,(H,19,20)/b8-7+/t14-,15-/m1/s1. The third-order valence-corrected chi connectivity index (χ3v) is 2.43. The zero-order valence-corrected chi connectivity index (χ0v) is 11.2. The molecule has 0 rings (SSSR count). The maximum atomic E-state index is 10.3. The summed E-state index contributed by atoms with van der Waals surface area (Å²) in [5.74, 6) is 11.2. The minimum absolute atomic E-state index is 0.0804. The van der Waals surface area contributed by atoms with Crippen LogP contribution in [0.5, 0.6) is 0 Å². The summed E-state index contributed by atoms with van der Waals surface area (Å²) in [7, 11) is 0. The van der Waals surface area contributed by atoms with E-state index < -0.39 is 18.2 Å². The molecule has 0 aliphatic heterocycles. The van der Waals surface area contributed by atoms with Crippen LogP contribution in [0, 0.1) is 36.0 Å². The monoisotopic (exact) mass is 274 g/mol. The molecule has 3 N–H and O–H groups in total. The predicted octanol–water partition coefficient (Wildman–Crippen LogP) is 0.940. The van der Waals surface area contributed by atoms with Gasteiger partial charge in [0.2, 0.25) is 0 Å². The van der Waals surface area contributed by atoms with Crippen molar-refractivity contribution in [3.63, 3.8) is 0 Å². The number of aliphatic hydroxyl groups excluding tert-OH is 2. The van der Waals surface area contributed by atoms with Crippen LogP contribution in [0.25, 0.3) is 0 Å². The van der Waals surface area contributed by atoms with Crippen molar-refractivity contribution >= 4 is 5.97 Å². The van der Waals surface area contributed by atoms with Crippen molar-refractivity contribution in [2.75, 3.05) is 0 Å². The van der Waals surface area contributed by atoms with Crippen molar-refractivity contribution in [2.24, 2.45) is 0 Å². The molecule has 0 fully saturated rings. The molecule has 0 unspecified atom stereocenters. The van der Waals surface area contributed by atoms with Gasteiger partial charge in [0.05, 0.1) is 12.2 Å². The van der Waals surface area contributed by atoms with Gasteiger partial charge in [-0.05, 0) is 49.0 Å². The second-order valence-corrected chi connectivity index (χ2v) is 4.08. The van der Waals surface area contributed by atoms with E-state index in [0.717, 1.165) is 0 Å². The van der Waals surface area contributed by atoms with Crippen LogP contribution in [0.3, 0.4) is 0 Å². The van der Waals surface area contributed by atoms with Crippen molar-refractivity contribution in [3.05, 3.63) is 12.2 Å². The van der Waals surface area contributed by atoms with Gasteiger partial charge in [0.25, 0.3) is 0 Å². The van der Waals surface area contributed by atoms with Gasteiger partial charge in [-0.3, -0.25) is 4.79 Å². The average Bonchev–Trinajstić information content (AvgIpc) is 2.41. The van der Waals surface area contributed by atoms with E-state index in [-0.39, 0.29) is 12.8 Å². The Balaban J connectivity index is 3.86. The Kier molecular flexibility index (Phi) is 10.6. The second-order valence-electron chi connectivity index (χ2n) is 4.08. The predicted molar refractivity (Wildman–Crippen MR) is 76.3 cm³/mol. The lowest BCUT2D eigenvalue weighted by Gasteiger charge is -2.15. The first kappa shape index (κ1) is 17.8. The Hall–Kier alpha value is -2.19. The van der Waals surface area contributed by atoms with E-state index >= 15 is 0 Å². The fourth-order valence-electron chi connectivity index (χ4n) is 1.39. The van der Waals surface area contributed by atoms with E-state index in [2.05, 4.69) is 29.6 Å². The number of allylic oxidation sites excluding steroid dienone is 1. The zero-order valence-electron chi connectivity index (χ0n) is 11.2.